The highest BCUT2D eigenvalue weighted by Crippen LogP contribution is 2.26. The Morgan fingerprint density at radius 1 is 1.20 bits per heavy atom. The Bertz CT molecular complexity index is 271. The molecule has 0 fully saturated rings. The topological polar surface area (TPSA) is 20.2 Å². The highest BCUT2D eigenvalue weighted by molar-refractivity contribution is 6.31. The van der Waals surface area contributed by atoms with Crippen LogP contribution in [-0.4, -0.2) is 5.11 Å². The van der Waals surface area contributed by atoms with Gasteiger partial charge in [0.25, 0.3) is 0 Å². The van der Waals surface area contributed by atoms with E-state index in [1.54, 1.807) is 6.07 Å². The number of benzene rings is 1. The molecule has 1 aromatic carbocycles. The van der Waals surface area contributed by atoms with Crippen LogP contribution in [0.2, 0.25) is 5.02 Å². The summed E-state index contributed by atoms with van der Waals surface area (Å²) in [4.78, 5) is 0. The quantitative estimate of drug-likeness (QED) is 0.811. The minimum absolute atomic E-state index is 0.436. The van der Waals surface area contributed by atoms with Gasteiger partial charge in [-0.3, -0.25) is 0 Å². The van der Waals surface area contributed by atoms with E-state index >= 15 is 0 Å². The monoisotopic (exact) mass is 228 g/mol. The SMILES string of the molecule is CC.CC(C)CC(O)c1ccccc1Cl. The maximum absolute atomic E-state index is 9.79. The third kappa shape index (κ3) is 5.19. The molecule has 0 aliphatic rings. The summed E-state index contributed by atoms with van der Waals surface area (Å²) in [5.74, 6) is 0.478. The van der Waals surface area contributed by atoms with Gasteiger partial charge in [0.05, 0.1) is 6.10 Å². The molecule has 0 heterocycles. The first kappa shape index (κ1) is 14.5. The summed E-state index contributed by atoms with van der Waals surface area (Å²) in [5.41, 5.74) is 0.831. The van der Waals surface area contributed by atoms with E-state index in [2.05, 4.69) is 13.8 Å². The molecule has 0 saturated carbocycles. The number of hydrogen-bond donors (Lipinski definition) is 1. The third-order valence-corrected chi connectivity index (χ3v) is 2.30. The largest absolute Gasteiger partial charge is 0.388 e. The molecule has 1 unspecified atom stereocenters. The summed E-state index contributed by atoms with van der Waals surface area (Å²) in [6, 6.07) is 7.44. The van der Waals surface area contributed by atoms with Gasteiger partial charge in [-0.05, 0) is 24.0 Å². The molecular formula is C13H21ClO. The minimum atomic E-state index is -0.436. The lowest BCUT2D eigenvalue weighted by molar-refractivity contribution is 0.151. The lowest BCUT2D eigenvalue weighted by Crippen LogP contribution is -2.02. The van der Waals surface area contributed by atoms with Gasteiger partial charge in [-0.25, -0.2) is 0 Å². The zero-order chi connectivity index (χ0) is 11.8. The van der Waals surface area contributed by atoms with Gasteiger partial charge in [-0.15, -0.1) is 0 Å². The molecule has 1 nitrogen and oxygen atoms in total. The fourth-order valence-corrected chi connectivity index (χ4v) is 1.58. The van der Waals surface area contributed by atoms with Crippen LogP contribution < -0.4 is 0 Å². The van der Waals surface area contributed by atoms with E-state index < -0.39 is 6.10 Å². The number of rotatable bonds is 3. The Labute approximate surface area is 98.1 Å². The molecule has 1 aromatic rings. The van der Waals surface area contributed by atoms with Crippen LogP contribution >= 0.6 is 11.6 Å². The second-order valence-corrected chi connectivity index (χ2v) is 4.07. The molecule has 0 aliphatic heterocycles. The fraction of sp³-hybridized carbons (Fsp3) is 0.538. The first-order valence-corrected chi connectivity index (χ1v) is 5.91. The molecule has 1 rings (SSSR count). The minimum Gasteiger partial charge on any atom is -0.388 e. The second kappa shape index (κ2) is 7.72. The van der Waals surface area contributed by atoms with Crippen molar-refractivity contribution in [1.82, 2.24) is 0 Å². The van der Waals surface area contributed by atoms with Crippen LogP contribution in [0.5, 0.6) is 0 Å². The zero-order valence-electron chi connectivity index (χ0n) is 10.00. The van der Waals surface area contributed by atoms with E-state index in [1.807, 2.05) is 32.0 Å². The van der Waals surface area contributed by atoms with Gasteiger partial charge in [0, 0.05) is 5.02 Å². The Balaban J connectivity index is 0.000000921. The van der Waals surface area contributed by atoms with Crippen molar-refractivity contribution in [2.45, 2.75) is 40.2 Å². The van der Waals surface area contributed by atoms with E-state index in [-0.39, 0.29) is 0 Å². The maximum atomic E-state index is 9.79. The van der Waals surface area contributed by atoms with Crippen molar-refractivity contribution >= 4 is 11.6 Å². The highest BCUT2D eigenvalue weighted by Gasteiger charge is 2.11. The van der Waals surface area contributed by atoms with Crippen LogP contribution in [0.3, 0.4) is 0 Å². The van der Waals surface area contributed by atoms with Crippen molar-refractivity contribution in [3.63, 3.8) is 0 Å². The maximum Gasteiger partial charge on any atom is 0.0806 e. The zero-order valence-corrected chi connectivity index (χ0v) is 10.8. The van der Waals surface area contributed by atoms with Crippen molar-refractivity contribution in [1.29, 1.82) is 0 Å². The summed E-state index contributed by atoms with van der Waals surface area (Å²) in [6.07, 6.45) is 0.317. The summed E-state index contributed by atoms with van der Waals surface area (Å²) in [7, 11) is 0. The Kier molecular flexibility index (Phi) is 7.45. The van der Waals surface area contributed by atoms with Crippen molar-refractivity contribution in [3.8, 4) is 0 Å². The van der Waals surface area contributed by atoms with E-state index in [0.717, 1.165) is 12.0 Å². The Hall–Kier alpha value is -0.530. The van der Waals surface area contributed by atoms with Gasteiger partial charge >= 0.3 is 0 Å². The van der Waals surface area contributed by atoms with Crippen LogP contribution in [0.1, 0.15) is 45.8 Å². The van der Waals surface area contributed by atoms with E-state index in [1.165, 1.54) is 0 Å². The fourth-order valence-electron chi connectivity index (χ4n) is 1.32. The summed E-state index contributed by atoms with van der Waals surface area (Å²) in [6.45, 7) is 8.17. The molecule has 86 valence electrons. The van der Waals surface area contributed by atoms with E-state index in [9.17, 15) is 5.11 Å². The van der Waals surface area contributed by atoms with E-state index in [4.69, 9.17) is 11.6 Å². The molecular weight excluding hydrogens is 208 g/mol. The van der Waals surface area contributed by atoms with Gasteiger partial charge in [0.1, 0.15) is 0 Å². The average molecular weight is 229 g/mol. The van der Waals surface area contributed by atoms with Crippen LogP contribution in [-0.2, 0) is 0 Å². The molecule has 15 heavy (non-hydrogen) atoms. The standard InChI is InChI=1S/C11H15ClO.C2H6/c1-8(2)7-11(13)9-5-3-4-6-10(9)12;1-2/h3-6,8,11,13H,7H2,1-2H3;1-2H3. The first-order chi connectivity index (χ1) is 7.11. The number of aliphatic hydroxyl groups excluding tert-OH is 1. The molecule has 0 saturated heterocycles. The van der Waals surface area contributed by atoms with Crippen molar-refractivity contribution in [2.24, 2.45) is 5.92 Å². The number of hydrogen-bond acceptors (Lipinski definition) is 1. The van der Waals surface area contributed by atoms with Gasteiger partial charge in [0.15, 0.2) is 0 Å². The number of halogens is 1. The Morgan fingerprint density at radius 3 is 2.20 bits per heavy atom. The first-order valence-electron chi connectivity index (χ1n) is 5.53. The van der Waals surface area contributed by atoms with Gasteiger partial charge in [-0.1, -0.05) is 57.5 Å². The molecule has 1 atom stereocenters. The Morgan fingerprint density at radius 2 is 1.73 bits per heavy atom. The molecule has 0 spiro atoms. The van der Waals surface area contributed by atoms with E-state index in [0.29, 0.717) is 10.9 Å². The smallest absolute Gasteiger partial charge is 0.0806 e. The van der Waals surface area contributed by atoms with Crippen LogP contribution in [0.25, 0.3) is 0 Å². The third-order valence-electron chi connectivity index (χ3n) is 1.96. The van der Waals surface area contributed by atoms with Crippen LogP contribution in [0.15, 0.2) is 24.3 Å². The summed E-state index contributed by atoms with van der Waals surface area (Å²) >= 11 is 5.94. The summed E-state index contributed by atoms with van der Waals surface area (Å²) in [5, 5.41) is 10.4. The van der Waals surface area contributed by atoms with Crippen molar-refractivity contribution < 1.29 is 5.11 Å². The predicted molar refractivity (Wildman–Crippen MR) is 67.2 cm³/mol. The summed E-state index contributed by atoms with van der Waals surface area (Å²) < 4.78 is 0. The van der Waals surface area contributed by atoms with Gasteiger partial charge in [-0.2, -0.15) is 0 Å². The molecule has 0 aromatic heterocycles. The van der Waals surface area contributed by atoms with Crippen molar-refractivity contribution in [3.05, 3.63) is 34.9 Å². The predicted octanol–water partition coefficient (Wildman–Crippen LogP) is 4.45. The molecule has 0 bridgehead atoms. The lowest BCUT2D eigenvalue weighted by atomic mass is 10.00. The van der Waals surface area contributed by atoms with Crippen LogP contribution in [0, 0.1) is 5.92 Å². The van der Waals surface area contributed by atoms with Gasteiger partial charge < -0.3 is 5.11 Å². The molecule has 0 amide bonds. The van der Waals surface area contributed by atoms with Crippen LogP contribution in [0.4, 0.5) is 0 Å². The lowest BCUT2D eigenvalue weighted by Gasteiger charge is -2.14. The molecule has 1 N–H and O–H groups in total. The van der Waals surface area contributed by atoms with Crippen molar-refractivity contribution in [2.75, 3.05) is 0 Å². The highest BCUT2D eigenvalue weighted by atomic mass is 35.5. The molecule has 0 aliphatic carbocycles. The second-order valence-electron chi connectivity index (χ2n) is 3.67. The number of aliphatic hydroxyl groups is 1. The average Bonchev–Trinajstić information content (AvgIpc) is 2.20. The van der Waals surface area contributed by atoms with Gasteiger partial charge in [0.2, 0.25) is 0 Å². The molecule has 0 radical (unpaired) electrons. The normalized spacial score (nSPS) is 11.9. The molecule has 2 heteroatoms.